The third-order valence-electron chi connectivity index (χ3n) is 0.534. The second-order valence-electron chi connectivity index (χ2n) is 1.50. The SMILES string of the molecule is O.O.O.O.O.O.OC(O)COCC(O)O.[Cd].[Cd].[Cd]. The summed E-state index contributed by atoms with van der Waals surface area (Å²) in [5.41, 5.74) is 0. The minimum Gasteiger partial charge on any atom is -0.412 e. The van der Waals surface area contributed by atoms with Gasteiger partial charge in [-0.15, -0.1) is 0 Å². The van der Waals surface area contributed by atoms with Crippen molar-refractivity contribution in [3.63, 3.8) is 0 Å². The van der Waals surface area contributed by atoms with Crippen LogP contribution in [0.2, 0.25) is 0 Å². The molecule has 0 bridgehead atoms. The van der Waals surface area contributed by atoms with E-state index in [1.807, 2.05) is 0 Å². The summed E-state index contributed by atoms with van der Waals surface area (Å²) in [7, 11) is 0. The molecule has 0 spiro atoms. The van der Waals surface area contributed by atoms with Crippen LogP contribution in [0.5, 0.6) is 0 Å². The van der Waals surface area contributed by atoms with Crippen LogP contribution in [-0.4, -0.2) is 79.1 Å². The summed E-state index contributed by atoms with van der Waals surface area (Å²) in [6.45, 7) is -0.616. The third kappa shape index (κ3) is 79.4. The maximum absolute atomic E-state index is 8.13. The van der Waals surface area contributed by atoms with Gasteiger partial charge in [-0.25, -0.2) is 0 Å². The molecule has 0 aliphatic carbocycles. The predicted octanol–water partition coefficient (Wildman–Crippen LogP) is -7.33. The molecule has 0 saturated carbocycles. The van der Waals surface area contributed by atoms with Gasteiger partial charge in [0.2, 0.25) is 0 Å². The molecule has 0 saturated heterocycles. The molecule has 0 heterocycles. The molecule has 0 aromatic heterocycles. The van der Waals surface area contributed by atoms with E-state index in [-0.39, 0.29) is 128 Å². The summed E-state index contributed by atoms with van der Waals surface area (Å²) >= 11 is 0. The monoisotopic (exact) mass is 588 g/mol. The van der Waals surface area contributed by atoms with Crippen LogP contribution in [0, 0.1) is 0 Å². The van der Waals surface area contributed by atoms with E-state index in [1.165, 1.54) is 0 Å². The van der Waals surface area contributed by atoms with Crippen LogP contribution < -0.4 is 0 Å². The van der Waals surface area contributed by atoms with Gasteiger partial charge in [-0.2, -0.15) is 0 Å². The van der Waals surface area contributed by atoms with Gasteiger partial charge in [-0.3, -0.25) is 0 Å². The summed E-state index contributed by atoms with van der Waals surface area (Å²) in [5, 5.41) is 32.5. The zero-order valence-corrected chi connectivity index (χ0v) is 22.0. The van der Waals surface area contributed by atoms with Crippen LogP contribution >= 0.6 is 0 Å². The van der Waals surface area contributed by atoms with Crippen molar-refractivity contribution in [3.05, 3.63) is 0 Å². The first-order chi connectivity index (χ1) is 4.13. The Morgan fingerprint density at radius 2 is 0.722 bits per heavy atom. The Bertz CT molecular complexity index is 69.3. The molecule has 110 valence electrons. The van der Waals surface area contributed by atoms with E-state index in [0.29, 0.717) is 0 Å². The van der Waals surface area contributed by atoms with Crippen molar-refractivity contribution in [2.24, 2.45) is 0 Å². The van der Waals surface area contributed by atoms with E-state index in [0.717, 1.165) is 0 Å². The van der Waals surface area contributed by atoms with Crippen LogP contribution in [0.15, 0.2) is 0 Å². The second kappa shape index (κ2) is 50.6. The fourth-order valence-corrected chi connectivity index (χ4v) is 0.279. The van der Waals surface area contributed by atoms with E-state index in [1.54, 1.807) is 0 Å². The van der Waals surface area contributed by atoms with E-state index in [4.69, 9.17) is 20.4 Å². The van der Waals surface area contributed by atoms with Gasteiger partial charge in [0, 0.05) is 81.9 Å². The van der Waals surface area contributed by atoms with Crippen molar-refractivity contribution < 1.29 is 140 Å². The topological polar surface area (TPSA) is 279 Å². The first-order valence-corrected chi connectivity index (χ1v) is 2.43. The van der Waals surface area contributed by atoms with Crippen molar-refractivity contribution in [3.8, 4) is 0 Å². The number of rotatable bonds is 4. The molecule has 0 radical (unpaired) electrons. The smallest absolute Gasteiger partial charge is 0.175 e. The van der Waals surface area contributed by atoms with E-state index in [9.17, 15) is 0 Å². The van der Waals surface area contributed by atoms with Gasteiger partial charge in [0.15, 0.2) is 12.6 Å². The Morgan fingerprint density at radius 3 is 0.833 bits per heavy atom. The van der Waals surface area contributed by atoms with Crippen molar-refractivity contribution in [2.75, 3.05) is 13.2 Å². The Morgan fingerprint density at radius 1 is 0.556 bits per heavy atom. The molecule has 0 atom stereocenters. The summed E-state index contributed by atoms with van der Waals surface area (Å²) in [5.74, 6) is 0. The second-order valence-corrected chi connectivity index (χ2v) is 1.50. The molecule has 0 unspecified atom stereocenters. The Balaban J connectivity index is -0.00000000889. The van der Waals surface area contributed by atoms with Crippen LogP contribution in [0.4, 0.5) is 0 Å². The van der Waals surface area contributed by atoms with Crippen LogP contribution in [0.1, 0.15) is 0 Å². The van der Waals surface area contributed by atoms with Gasteiger partial charge in [0.25, 0.3) is 0 Å². The van der Waals surface area contributed by atoms with Gasteiger partial charge in [-0.1, -0.05) is 0 Å². The minimum atomic E-state index is -1.55. The first kappa shape index (κ1) is 71.2. The molecular formula is C4H22Cd3O11. The molecule has 18 heavy (non-hydrogen) atoms. The molecule has 11 nitrogen and oxygen atoms in total. The fraction of sp³-hybridized carbons (Fsp3) is 1.00. The Hall–Kier alpha value is 2.33. The van der Waals surface area contributed by atoms with Crippen molar-refractivity contribution in [2.45, 2.75) is 12.6 Å². The molecule has 14 heteroatoms. The summed E-state index contributed by atoms with van der Waals surface area (Å²) in [6, 6.07) is 0. The number of aliphatic hydroxyl groups excluding tert-OH is 2. The molecule has 0 aliphatic rings. The summed E-state index contributed by atoms with van der Waals surface area (Å²) < 4.78 is 4.36. The zero-order valence-electron chi connectivity index (χ0n) is 9.89. The maximum atomic E-state index is 8.13. The number of hydrogen-bond donors (Lipinski definition) is 4. The molecule has 0 aromatic rings. The van der Waals surface area contributed by atoms with Crippen LogP contribution in [0.25, 0.3) is 0 Å². The quantitative estimate of drug-likeness (QED) is 0.185. The average molecular weight is 583 g/mol. The predicted molar refractivity (Wildman–Crippen MR) is 49.0 cm³/mol. The van der Waals surface area contributed by atoms with Gasteiger partial charge in [0.05, 0.1) is 13.2 Å². The number of hydrogen-bond acceptors (Lipinski definition) is 5. The summed E-state index contributed by atoms with van der Waals surface area (Å²) in [6.07, 6.45) is -3.10. The van der Waals surface area contributed by atoms with E-state index >= 15 is 0 Å². The molecule has 0 amide bonds. The molecular weight excluding hydrogens is 561 g/mol. The molecule has 16 N–H and O–H groups in total. The largest absolute Gasteiger partial charge is 0.412 e. The van der Waals surface area contributed by atoms with Crippen molar-refractivity contribution in [1.29, 1.82) is 0 Å². The molecule has 0 rings (SSSR count). The summed E-state index contributed by atoms with van der Waals surface area (Å²) in [4.78, 5) is 0. The first-order valence-electron chi connectivity index (χ1n) is 2.43. The normalized spacial score (nSPS) is 5.67. The third-order valence-corrected chi connectivity index (χ3v) is 0.534. The number of aliphatic hydroxyl groups is 4. The van der Waals surface area contributed by atoms with Crippen LogP contribution in [0.3, 0.4) is 0 Å². The van der Waals surface area contributed by atoms with Crippen LogP contribution in [-0.2, 0) is 86.6 Å². The zero-order chi connectivity index (χ0) is 7.28. The van der Waals surface area contributed by atoms with Crippen molar-refractivity contribution in [1.82, 2.24) is 0 Å². The fourth-order valence-electron chi connectivity index (χ4n) is 0.279. The van der Waals surface area contributed by atoms with Gasteiger partial charge >= 0.3 is 0 Å². The maximum Gasteiger partial charge on any atom is 0.175 e. The molecule has 0 fully saturated rings. The minimum absolute atomic E-state index is 0. The van der Waals surface area contributed by atoms with Gasteiger partial charge in [-0.05, 0) is 0 Å². The standard InChI is InChI=1S/C4H10O5.3Cd.6H2O/c5-3(6)1-9-2-4(7)8;;;;;;;;;/h3-8H,1-2H2;;;;6*1H2. The van der Waals surface area contributed by atoms with E-state index < -0.39 is 12.6 Å². The Labute approximate surface area is 164 Å². The van der Waals surface area contributed by atoms with Crippen molar-refractivity contribution >= 4 is 0 Å². The molecule has 0 aliphatic heterocycles. The van der Waals surface area contributed by atoms with E-state index in [2.05, 4.69) is 4.74 Å². The van der Waals surface area contributed by atoms with Gasteiger partial charge < -0.3 is 58.0 Å². The van der Waals surface area contributed by atoms with Gasteiger partial charge in [0.1, 0.15) is 0 Å². The average Bonchev–Trinajstić information content (AvgIpc) is 1.63. The Kier molecular flexibility index (Phi) is 200. The molecule has 0 aromatic carbocycles. The number of ether oxygens (including phenoxy) is 1.